The Balaban J connectivity index is 1.18. The maximum atomic E-state index is 12.8. The van der Waals surface area contributed by atoms with Gasteiger partial charge in [-0.1, -0.05) is 0 Å². The number of aliphatic hydroxyl groups excluding tert-OH is 1. The number of nitrogens with zero attached hydrogens (tertiary/aromatic N) is 2. The van der Waals surface area contributed by atoms with Crippen molar-refractivity contribution in [2.75, 3.05) is 9.74 Å². The molecule has 0 bridgehead atoms. The number of anilines is 1. The van der Waals surface area contributed by atoms with Crippen molar-refractivity contribution in [1.29, 1.82) is 0 Å². The molecule has 4 unspecified atom stereocenters. The van der Waals surface area contributed by atoms with Crippen LogP contribution in [0.2, 0.25) is 0 Å². The Kier molecular flexibility index (Phi) is 7.07. The van der Waals surface area contributed by atoms with Gasteiger partial charge in [-0.2, -0.15) is 0 Å². The Morgan fingerprint density at radius 3 is 2.74 bits per heavy atom. The summed E-state index contributed by atoms with van der Waals surface area (Å²) in [6.07, 6.45) is 4.26. The van der Waals surface area contributed by atoms with E-state index in [9.17, 15) is 14.7 Å². The van der Waals surface area contributed by atoms with E-state index in [1.54, 1.807) is 0 Å². The fourth-order valence-electron chi connectivity index (χ4n) is 4.67. The molecule has 2 aromatic carbocycles. The number of alkyl halides is 2. The molecule has 7 nitrogen and oxygen atoms in total. The molecule has 0 spiro atoms. The van der Waals surface area contributed by atoms with Crippen LogP contribution in [0.4, 0.5) is 5.69 Å². The number of hydrogen-bond donors (Lipinski definition) is 3. The summed E-state index contributed by atoms with van der Waals surface area (Å²) in [4.78, 5) is 29.2. The summed E-state index contributed by atoms with van der Waals surface area (Å²) in [6, 6.07) is 19.0. The second-order valence-corrected chi connectivity index (χ2v) is 12.1. The number of hydrogen-bond acceptors (Lipinski definition) is 5. The molecule has 2 aliphatic rings. The molecule has 4 atom stereocenters. The van der Waals surface area contributed by atoms with Gasteiger partial charge in [0.25, 0.3) is 5.56 Å². The quantitative estimate of drug-likeness (QED) is 0.209. The summed E-state index contributed by atoms with van der Waals surface area (Å²) in [5.41, 5.74) is 2.70. The number of benzene rings is 2. The molecule has 1 aromatic heterocycles. The van der Waals surface area contributed by atoms with E-state index in [-0.39, 0.29) is 36.7 Å². The second-order valence-electron chi connectivity index (χ2n) is 8.77. The Hall–Kier alpha value is -2.56. The monoisotopic (exact) mass is 571 g/mol. The van der Waals surface area contributed by atoms with Crippen molar-refractivity contribution in [1.82, 2.24) is 14.9 Å². The minimum Gasteiger partial charge on any atom is -0.269 e. The number of aryl methyl sites for hydroxylation is 1. The molecule has 1 amide bonds. The zero-order chi connectivity index (χ0) is 23.5. The fraction of sp³-hybridized carbons (Fsp3) is 0.346. The van der Waals surface area contributed by atoms with Gasteiger partial charge in [0.1, 0.15) is 5.82 Å². The summed E-state index contributed by atoms with van der Waals surface area (Å²) < 4.78 is 2.85. The summed E-state index contributed by atoms with van der Waals surface area (Å²) in [5.74, 6) is 0.485. The van der Waals surface area contributed by atoms with E-state index in [1.165, 1.54) is 26.8 Å². The fourth-order valence-corrected chi connectivity index (χ4v) is 8.12. The number of carbonyl (C=O) groups is 1. The van der Waals surface area contributed by atoms with Crippen LogP contribution in [0.3, 0.4) is 0 Å². The summed E-state index contributed by atoms with van der Waals surface area (Å²) >= 11 is -0.0997. The molecule has 0 aliphatic carbocycles. The number of rotatable bonds is 6. The van der Waals surface area contributed by atoms with Gasteiger partial charge in [-0.3, -0.25) is 4.79 Å². The van der Waals surface area contributed by atoms with E-state index < -0.39 is 12.1 Å². The van der Waals surface area contributed by atoms with Crippen LogP contribution in [0.15, 0.2) is 71.7 Å². The summed E-state index contributed by atoms with van der Waals surface area (Å²) in [7, 11) is 0. The van der Waals surface area contributed by atoms with Crippen LogP contribution in [-0.4, -0.2) is 35.1 Å². The molecule has 1 saturated heterocycles. The normalized spacial score (nSPS) is 22.9. The van der Waals surface area contributed by atoms with Crippen LogP contribution in [0.1, 0.15) is 41.9 Å². The molecule has 3 heterocycles. The number of halogens is 1. The predicted molar refractivity (Wildman–Crippen MR) is 126 cm³/mol. The van der Waals surface area contributed by atoms with E-state index in [0.29, 0.717) is 24.7 Å². The minimum atomic E-state index is -0.515. The Bertz CT molecular complexity index is 1200. The van der Waals surface area contributed by atoms with Gasteiger partial charge in [0.15, 0.2) is 0 Å². The summed E-state index contributed by atoms with van der Waals surface area (Å²) in [6.45, 7) is 0. The predicted octanol–water partition coefficient (Wildman–Crippen LogP) is -0.578. The van der Waals surface area contributed by atoms with Gasteiger partial charge < -0.3 is 0 Å². The van der Waals surface area contributed by atoms with Crippen molar-refractivity contribution >= 4 is 11.6 Å². The van der Waals surface area contributed by atoms with Crippen LogP contribution in [0.5, 0.6) is 0 Å². The first-order valence-electron chi connectivity index (χ1n) is 11.6. The van der Waals surface area contributed by atoms with Crippen molar-refractivity contribution in [3.63, 3.8) is 0 Å². The van der Waals surface area contributed by atoms with E-state index in [4.69, 9.17) is 0 Å². The van der Waals surface area contributed by atoms with Gasteiger partial charge in [0, 0.05) is 18.7 Å². The average Bonchev–Trinajstić information content (AvgIpc) is 3.31. The van der Waals surface area contributed by atoms with Crippen LogP contribution in [-0.2, 0) is 17.6 Å². The van der Waals surface area contributed by atoms with Gasteiger partial charge in [0.05, 0.1) is 0 Å². The van der Waals surface area contributed by atoms with Gasteiger partial charge >= 0.3 is 170 Å². The number of aromatic nitrogens is 2. The van der Waals surface area contributed by atoms with Gasteiger partial charge in [0.2, 0.25) is 0 Å². The third-order valence-electron chi connectivity index (χ3n) is 6.46. The molecule has 3 aromatic rings. The molecular weight excluding hydrogens is 543 g/mol. The van der Waals surface area contributed by atoms with Gasteiger partial charge in [-0.05, 0) is 0 Å². The van der Waals surface area contributed by atoms with Crippen molar-refractivity contribution < 1.29 is 31.1 Å². The minimum absolute atomic E-state index is 0.0997. The van der Waals surface area contributed by atoms with Crippen molar-refractivity contribution in [3.05, 3.63) is 94.2 Å². The Morgan fingerprint density at radius 2 is 1.94 bits per heavy atom. The van der Waals surface area contributed by atoms with Crippen molar-refractivity contribution in [2.45, 2.75) is 47.9 Å². The molecule has 178 valence electrons. The first kappa shape index (κ1) is 23.2. The van der Waals surface area contributed by atoms with Crippen LogP contribution in [0, 0.1) is 0 Å². The van der Waals surface area contributed by atoms with E-state index >= 15 is 0 Å². The van der Waals surface area contributed by atoms with E-state index in [2.05, 4.69) is 15.6 Å². The number of amides is 1. The van der Waals surface area contributed by atoms with Crippen LogP contribution in [0.25, 0.3) is 0 Å². The van der Waals surface area contributed by atoms with Crippen LogP contribution >= 0.6 is 0 Å². The Labute approximate surface area is 208 Å². The smallest absolute Gasteiger partial charge is 0.269 e. The second kappa shape index (κ2) is 10.4. The van der Waals surface area contributed by atoms with Crippen LogP contribution < -0.4 is 37.4 Å². The third-order valence-corrected chi connectivity index (χ3v) is 9.70. The topological polar surface area (TPSA) is 96.2 Å². The molecule has 34 heavy (non-hydrogen) atoms. The molecule has 2 aliphatic heterocycles. The van der Waals surface area contributed by atoms with E-state index in [1.807, 2.05) is 54.6 Å². The molecule has 5 rings (SSSR count). The third kappa shape index (κ3) is 5.08. The Morgan fingerprint density at radius 1 is 1.15 bits per heavy atom. The van der Waals surface area contributed by atoms with Gasteiger partial charge in [-0.25, -0.2) is 4.98 Å². The first-order chi connectivity index (χ1) is 16.6. The molecule has 8 heteroatoms. The van der Waals surface area contributed by atoms with Gasteiger partial charge in [-0.15, -0.1) is 0 Å². The molecular formula is C26H28IN4O3-. The first-order valence-corrected chi connectivity index (χ1v) is 14.4. The zero-order valence-corrected chi connectivity index (χ0v) is 20.9. The molecule has 0 radical (unpaired) electrons. The SMILES string of the molecule is O=C(Nc1ccc(CC2CC[I-]C(C(O)c3ccccc3)N2)cc1)C1CCc2nccc(=O)n21. The van der Waals surface area contributed by atoms with E-state index in [0.717, 1.165) is 24.1 Å². The van der Waals surface area contributed by atoms with Crippen molar-refractivity contribution in [3.8, 4) is 0 Å². The number of aliphatic hydroxyl groups is 1. The molecule has 0 saturated carbocycles. The zero-order valence-electron chi connectivity index (χ0n) is 18.7. The molecule has 3 N–H and O–H groups in total. The molecule has 1 fully saturated rings. The maximum absolute atomic E-state index is 12.8. The number of nitrogens with one attached hydrogen (secondary N) is 2. The number of fused-ring (bicyclic) bond motifs is 1. The van der Waals surface area contributed by atoms with Crippen molar-refractivity contribution in [2.24, 2.45) is 0 Å². The number of carbonyl (C=O) groups excluding carboxylic acids is 1. The average molecular weight is 571 g/mol. The summed E-state index contributed by atoms with van der Waals surface area (Å²) in [5, 5.41) is 17.5. The standard InChI is InChI=1S/C26H28IN4O3/c32-23-13-15-28-22-11-10-21(31(22)23)26(34)30-19-8-6-17(7-9-19)16-20-12-14-27-25(29-20)24(33)18-4-2-1-3-5-18/h1-9,13,15,20-21,24-25,29,33H,10-12,14,16H2,(H,30,34)/q-1.